The molecule has 3 heteroatoms. The smallest absolute Gasteiger partial charge is 0.311 e. The number of carbonyl (C=O) groups is 1. The van der Waals surface area contributed by atoms with E-state index >= 15 is 0 Å². The van der Waals surface area contributed by atoms with Gasteiger partial charge in [0.1, 0.15) is 11.5 Å². The van der Waals surface area contributed by atoms with E-state index in [0.717, 1.165) is 25.7 Å². The largest absolute Gasteiger partial charge is 0.508 e. The summed E-state index contributed by atoms with van der Waals surface area (Å²) in [6, 6.07) is 6.16. The Balaban J connectivity index is 2.26. The van der Waals surface area contributed by atoms with Crippen LogP contribution in [-0.2, 0) is 4.79 Å². The van der Waals surface area contributed by atoms with E-state index in [1.165, 1.54) is 12.1 Å². The Hall–Kier alpha value is -1.51. The van der Waals surface area contributed by atoms with Gasteiger partial charge in [-0.05, 0) is 30.7 Å². The Labute approximate surface area is 96.1 Å². The molecule has 0 atom stereocenters. The predicted octanol–water partition coefficient (Wildman–Crippen LogP) is 3.27. The molecule has 0 aromatic heterocycles. The van der Waals surface area contributed by atoms with E-state index in [1.54, 1.807) is 12.1 Å². The van der Waals surface area contributed by atoms with Crippen LogP contribution in [0.25, 0.3) is 0 Å². The molecule has 0 aliphatic heterocycles. The molecule has 0 aliphatic rings. The number of unbranched alkanes of at least 4 members (excludes halogenated alkanes) is 3. The van der Waals surface area contributed by atoms with Crippen LogP contribution >= 0.6 is 0 Å². The van der Waals surface area contributed by atoms with Crippen LogP contribution in [0.15, 0.2) is 24.3 Å². The summed E-state index contributed by atoms with van der Waals surface area (Å²) in [5.74, 6) is 0.447. The third-order valence-electron chi connectivity index (χ3n) is 2.30. The first-order valence-electron chi connectivity index (χ1n) is 5.72. The van der Waals surface area contributed by atoms with Gasteiger partial charge in [-0.25, -0.2) is 0 Å². The quantitative estimate of drug-likeness (QED) is 0.456. The summed E-state index contributed by atoms with van der Waals surface area (Å²) in [4.78, 5) is 11.4. The monoisotopic (exact) mass is 222 g/mol. The molecule has 1 N–H and O–H groups in total. The number of esters is 1. The molecular formula is C13H18O3. The SMILES string of the molecule is CCCCCCC(=O)Oc1ccc(O)cc1. The maximum Gasteiger partial charge on any atom is 0.311 e. The van der Waals surface area contributed by atoms with Gasteiger partial charge < -0.3 is 9.84 Å². The number of ether oxygens (including phenoxy) is 1. The number of hydrogen-bond donors (Lipinski definition) is 1. The van der Waals surface area contributed by atoms with Gasteiger partial charge in [0.05, 0.1) is 0 Å². The van der Waals surface area contributed by atoms with Gasteiger partial charge in [0.15, 0.2) is 0 Å². The topological polar surface area (TPSA) is 46.5 Å². The highest BCUT2D eigenvalue weighted by Gasteiger charge is 2.04. The summed E-state index contributed by atoms with van der Waals surface area (Å²) in [6.45, 7) is 2.13. The van der Waals surface area contributed by atoms with Gasteiger partial charge in [-0.2, -0.15) is 0 Å². The van der Waals surface area contributed by atoms with Crippen molar-refractivity contribution in [3.05, 3.63) is 24.3 Å². The Morgan fingerprint density at radius 3 is 2.50 bits per heavy atom. The van der Waals surface area contributed by atoms with Crippen LogP contribution in [0.4, 0.5) is 0 Å². The highest BCUT2D eigenvalue weighted by atomic mass is 16.5. The molecule has 0 amide bonds. The zero-order valence-electron chi connectivity index (χ0n) is 9.61. The van der Waals surface area contributed by atoms with Crippen molar-refractivity contribution in [3.63, 3.8) is 0 Å². The zero-order chi connectivity index (χ0) is 11.8. The minimum atomic E-state index is -0.207. The van der Waals surface area contributed by atoms with Crippen molar-refractivity contribution in [2.24, 2.45) is 0 Å². The van der Waals surface area contributed by atoms with Crippen LogP contribution in [0.2, 0.25) is 0 Å². The lowest BCUT2D eigenvalue weighted by Gasteiger charge is -2.03. The molecule has 16 heavy (non-hydrogen) atoms. The number of aromatic hydroxyl groups is 1. The molecule has 3 nitrogen and oxygen atoms in total. The van der Waals surface area contributed by atoms with Gasteiger partial charge in [-0.3, -0.25) is 4.79 Å². The molecule has 0 aliphatic carbocycles. The number of benzene rings is 1. The fraction of sp³-hybridized carbons (Fsp3) is 0.462. The van der Waals surface area contributed by atoms with E-state index in [-0.39, 0.29) is 11.7 Å². The van der Waals surface area contributed by atoms with E-state index in [0.29, 0.717) is 12.2 Å². The molecule has 1 aromatic rings. The van der Waals surface area contributed by atoms with Crippen molar-refractivity contribution >= 4 is 5.97 Å². The van der Waals surface area contributed by atoms with Crippen LogP contribution in [0, 0.1) is 0 Å². The summed E-state index contributed by atoms with van der Waals surface area (Å²) < 4.78 is 5.10. The maximum absolute atomic E-state index is 11.4. The minimum absolute atomic E-state index is 0.169. The molecule has 0 saturated carbocycles. The van der Waals surface area contributed by atoms with Crippen LogP contribution in [0.3, 0.4) is 0 Å². The molecule has 1 rings (SSSR count). The fourth-order valence-corrected chi connectivity index (χ4v) is 1.39. The highest BCUT2D eigenvalue weighted by molar-refractivity contribution is 5.72. The second-order valence-electron chi connectivity index (χ2n) is 3.78. The minimum Gasteiger partial charge on any atom is -0.508 e. The van der Waals surface area contributed by atoms with Crippen LogP contribution in [0.1, 0.15) is 39.0 Å². The lowest BCUT2D eigenvalue weighted by Crippen LogP contribution is -2.07. The summed E-state index contributed by atoms with van der Waals surface area (Å²) >= 11 is 0. The van der Waals surface area contributed by atoms with E-state index in [1.807, 2.05) is 0 Å². The zero-order valence-corrected chi connectivity index (χ0v) is 9.61. The number of phenols is 1. The fourth-order valence-electron chi connectivity index (χ4n) is 1.39. The van der Waals surface area contributed by atoms with Gasteiger partial charge in [-0.15, -0.1) is 0 Å². The summed E-state index contributed by atoms with van der Waals surface area (Å²) in [5, 5.41) is 9.05. The molecular weight excluding hydrogens is 204 g/mol. The van der Waals surface area contributed by atoms with Crippen LogP contribution < -0.4 is 4.74 Å². The number of rotatable bonds is 6. The molecule has 88 valence electrons. The molecule has 0 radical (unpaired) electrons. The standard InChI is InChI=1S/C13H18O3/c1-2-3-4-5-6-13(15)16-12-9-7-11(14)8-10-12/h7-10,14H,2-6H2,1H3. The van der Waals surface area contributed by atoms with Crippen molar-refractivity contribution in [1.29, 1.82) is 0 Å². The van der Waals surface area contributed by atoms with Crippen molar-refractivity contribution in [2.45, 2.75) is 39.0 Å². The van der Waals surface area contributed by atoms with E-state index in [2.05, 4.69) is 6.92 Å². The van der Waals surface area contributed by atoms with E-state index in [9.17, 15) is 4.79 Å². The molecule has 0 bridgehead atoms. The highest BCUT2D eigenvalue weighted by Crippen LogP contribution is 2.16. The summed E-state index contributed by atoms with van der Waals surface area (Å²) in [7, 11) is 0. The number of hydrogen-bond acceptors (Lipinski definition) is 3. The number of carbonyl (C=O) groups excluding carboxylic acids is 1. The van der Waals surface area contributed by atoms with Gasteiger partial charge in [0, 0.05) is 6.42 Å². The van der Waals surface area contributed by atoms with Crippen molar-refractivity contribution in [1.82, 2.24) is 0 Å². The second-order valence-corrected chi connectivity index (χ2v) is 3.78. The van der Waals surface area contributed by atoms with E-state index < -0.39 is 0 Å². The Morgan fingerprint density at radius 1 is 1.19 bits per heavy atom. The van der Waals surface area contributed by atoms with Crippen molar-refractivity contribution in [3.8, 4) is 11.5 Å². The molecule has 0 spiro atoms. The van der Waals surface area contributed by atoms with Gasteiger partial charge in [-0.1, -0.05) is 26.2 Å². The maximum atomic E-state index is 11.4. The third kappa shape index (κ3) is 4.82. The average Bonchev–Trinajstić information content (AvgIpc) is 2.28. The predicted molar refractivity (Wildman–Crippen MR) is 62.5 cm³/mol. The second kappa shape index (κ2) is 6.88. The lowest BCUT2D eigenvalue weighted by atomic mass is 10.1. The van der Waals surface area contributed by atoms with Gasteiger partial charge >= 0.3 is 5.97 Å². The Morgan fingerprint density at radius 2 is 1.88 bits per heavy atom. The lowest BCUT2D eigenvalue weighted by molar-refractivity contribution is -0.134. The Kier molecular flexibility index (Phi) is 5.40. The van der Waals surface area contributed by atoms with Gasteiger partial charge in [0.2, 0.25) is 0 Å². The van der Waals surface area contributed by atoms with Crippen LogP contribution in [-0.4, -0.2) is 11.1 Å². The van der Waals surface area contributed by atoms with Crippen LogP contribution in [0.5, 0.6) is 11.5 Å². The molecule has 0 saturated heterocycles. The first-order chi connectivity index (χ1) is 7.72. The summed E-state index contributed by atoms with van der Waals surface area (Å²) in [5.41, 5.74) is 0. The van der Waals surface area contributed by atoms with E-state index in [4.69, 9.17) is 9.84 Å². The van der Waals surface area contributed by atoms with Crippen molar-refractivity contribution < 1.29 is 14.6 Å². The van der Waals surface area contributed by atoms with Gasteiger partial charge in [0.25, 0.3) is 0 Å². The third-order valence-corrected chi connectivity index (χ3v) is 2.30. The molecule has 1 aromatic carbocycles. The first-order valence-corrected chi connectivity index (χ1v) is 5.72. The Bertz CT molecular complexity index is 316. The molecule has 0 fully saturated rings. The first kappa shape index (κ1) is 12.6. The average molecular weight is 222 g/mol. The molecule has 0 unspecified atom stereocenters. The normalized spacial score (nSPS) is 10.1. The number of phenolic OH excluding ortho intramolecular Hbond substituents is 1. The summed E-state index contributed by atoms with van der Waals surface area (Å²) in [6.07, 6.45) is 4.73. The molecule has 0 heterocycles. The van der Waals surface area contributed by atoms with Crippen molar-refractivity contribution in [2.75, 3.05) is 0 Å².